The molecule has 2 atom stereocenters. The summed E-state index contributed by atoms with van der Waals surface area (Å²) < 4.78 is 0. The summed E-state index contributed by atoms with van der Waals surface area (Å²) in [6.07, 6.45) is 1.14. The Morgan fingerprint density at radius 1 is 1.00 bits per heavy atom. The zero-order valence-corrected chi connectivity index (χ0v) is 9.93. The molecule has 2 aromatic carbocycles. The van der Waals surface area contributed by atoms with Gasteiger partial charge in [-0.15, -0.1) is 0 Å². The molecule has 1 aliphatic carbocycles. The molecule has 0 saturated heterocycles. The van der Waals surface area contributed by atoms with E-state index in [2.05, 4.69) is 37.3 Å². The molecule has 0 bridgehead atoms. The number of phenolic OH excluding ortho intramolecular Hbond substituents is 1. The van der Waals surface area contributed by atoms with Crippen molar-refractivity contribution in [3.8, 4) is 5.75 Å². The number of fused-ring (bicyclic) bond motifs is 1. The predicted molar refractivity (Wildman–Crippen MR) is 69.4 cm³/mol. The van der Waals surface area contributed by atoms with E-state index in [1.165, 1.54) is 16.7 Å². The van der Waals surface area contributed by atoms with Gasteiger partial charge in [-0.05, 0) is 41.2 Å². The van der Waals surface area contributed by atoms with Crippen molar-refractivity contribution in [2.24, 2.45) is 0 Å². The lowest BCUT2D eigenvalue weighted by Crippen LogP contribution is -1.95. The van der Waals surface area contributed by atoms with Crippen LogP contribution < -0.4 is 0 Å². The molecule has 86 valence electrons. The summed E-state index contributed by atoms with van der Waals surface area (Å²) >= 11 is 0. The highest BCUT2D eigenvalue weighted by molar-refractivity contribution is 5.47. The maximum atomic E-state index is 9.65. The molecule has 1 aliphatic rings. The smallest absolute Gasteiger partial charge is 0.115 e. The van der Waals surface area contributed by atoms with Gasteiger partial charge in [0.1, 0.15) is 5.75 Å². The SMILES string of the molecule is CC1CC(c2ccccc2)c2cc(O)ccc21. The standard InChI is InChI=1S/C16H16O/c1-11-9-15(12-5-3-2-4-6-12)16-10-13(17)7-8-14(11)16/h2-8,10-11,15,17H,9H2,1H3. The Morgan fingerprint density at radius 2 is 1.76 bits per heavy atom. The average molecular weight is 224 g/mol. The van der Waals surface area contributed by atoms with E-state index in [1.807, 2.05) is 12.1 Å². The van der Waals surface area contributed by atoms with Gasteiger partial charge >= 0.3 is 0 Å². The van der Waals surface area contributed by atoms with Crippen LogP contribution in [0, 0.1) is 0 Å². The third-order valence-corrected chi connectivity index (χ3v) is 3.77. The van der Waals surface area contributed by atoms with E-state index >= 15 is 0 Å². The van der Waals surface area contributed by atoms with E-state index in [1.54, 1.807) is 6.07 Å². The maximum absolute atomic E-state index is 9.65. The van der Waals surface area contributed by atoms with Gasteiger partial charge in [-0.25, -0.2) is 0 Å². The molecule has 1 nitrogen and oxygen atoms in total. The zero-order chi connectivity index (χ0) is 11.8. The number of benzene rings is 2. The van der Waals surface area contributed by atoms with Crippen LogP contribution in [0.5, 0.6) is 5.75 Å². The molecule has 2 aromatic rings. The quantitative estimate of drug-likeness (QED) is 0.775. The molecular formula is C16H16O. The third-order valence-electron chi connectivity index (χ3n) is 3.77. The van der Waals surface area contributed by atoms with E-state index in [-0.39, 0.29) is 0 Å². The molecule has 0 radical (unpaired) electrons. The second-order valence-electron chi connectivity index (χ2n) is 4.91. The van der Waals surface area contributed by atoms with Crippen LogP contribution in [0.1, 0.15) is 41.9 Å². The van der Waals surface area contributed by atoms with Crippen LogP contribution in [-0.2, 0) is 0 Å². The van der Waals surface area contributed by atoms with Crippen molar-refractivity contribution >= 4 is 0 Å². The van der Waals surface area contributed by atoms with Crippen LogP contribution in [0.3, 0.4) is 0 Å². The molecule has 0 fully saturated rings. The van der Waals surface area contributed by atoms with Gasteiger partial charge in [-0.2, -0.15) is 0 Å². The second-order valence-corrected chi connectivity index (χ2v) is 4.91. The van der Waals surface area contributed by atoms with Gasteiger partial charge in [-0.3, -0.25) is 0 Å². The Balaban J connectivity index is 2.09. The summed E-state index contributed by atoms with van der Waals surface area (Å²) in [5.74, 6) is 1.39. The van der Waals surface area contributed by atoms with E-state index in [4.69, 9.17) is 0 Å². The molecule has 3 rings (SSSR count). The number of hydrogen-bond donors (Lipinski definition) is 1. The number of aromatic hydroxyl groups is 1. The summed E-state index contributed by atoms with van der Waals surface area (Å²) in [6.45, 7) is 2.26. The normalized spacial score (nSPS) is 22.4. The van der Waals surface area contributed by atoms with Gasteiger partial charge in [0, 0.05) is 5.92 Å². The summed E-state index contributed by atoms with van der Waals surface area (Å²) in [6, 6.07) is 16.4. The van der Waals surface area contributed by atoms with E-state index in [0.29, 0.717) is 17.6 Å². The van der Waals surface area contributed by atoms with Crippen LogP contribution in [-0.4, -0.2) is 5.11 Å². The fourth-order valence-corrected chi connectivity index (χ4v) is 2.92. The van der Waals surface area contributed by atoms with Crippen molar-refractivity contribution < 1.29 is 5.11 Å². The van der Waals surface area contributed by atoms with Crippen molar-refractivity contribution in [2.75, 3.05) is 0 Å². The first-order valence-electron chi connectivity index (χ1n) is 6.13. The third kappa shape index (κ3) is 1.72. The highest BCUT2D eigenvalue weighted by Crippen LogP contribution is 2.45. The molecule has 2 unspecified atom stereocenters. The number of phenols is 1. The topological polar surface area (TPSA) is 20.2 Å². The minimum Gasteiger partial charge on any atom is -0.508 e. The molecule has 17 heavy (non-hydrogen) atoms. The van der Waals surface area contributed by atoms with Crippen LogP contribution >= 0.6 is 0 Å². The van der Waals surface area contributed by atoms with Gasteiger partial charge in [0.05, 0.1) is 0 Å². The van der Waals surface area contributed by atoms with Crippen molar-refractivity contribution in [1.29, 1.82) is 0 Å². The van der Waals surface area contributed by atoms with Crippen LogP contribution in [0.4, 0.5) is 0 Å². The first kappa shape index (κ1) is 10.4. The minimum atomic E-state index is 0.374. The van der Waals surface area contributed by atoms with Crippen molar-refractivity contribution in [1.82, 2.24) is 0 Å². The molecular weight excluding hydrogens is 208 g/mol. The predicted octanol–water partition coefficient (Wildman–Crippen LogP) is 4.03. The van der Waals surface area contributed by atoms with Crippen molar-refractivity contribution in [3.05, 3.63) is 65.2 Å². The van der Waals surface area contributed by atoms with E-state index in [0.717, 1.165) is 6.42 Å². The molecule has 0 aromatic heterocycles. The fraction of sp³-hybridized carbons (Fsp3) is 0.250. The Bertz CT molecular complexity index is 530. The summed E-state index contributed by atoms with van der Waals surface area (Å²) in [5.41, 5.74) is 4.03. The zero-order valence-electron chi connectivity index (χ0n) is 9.93. The molecule has 1 heteroatoms. The second kappa shape index (κ2) is 3.92. The molecule has 0 heterocycles. The summed E-state index contributed by atoms with van der Waals surface area (Å²) in [4.78, 5) is 0. The van der Waals surface area contributed by atoms with Crippen molar-refractivity contribution in [3.63, 3.8) is 0 Å². The van der Waals surface area contributed by atoms with Crippen LogP contribution in [0.15, 0.2) is 48.5 Å². The minimum absolute atomic E-state index is 0.374. The maximum Gasteiger partial charge on any atom is 0.115 e. The van der Waals surface area contributed by atoms with Gasteiger partial charge in [0.15, 0.2) is 0 Å². The van der Waals surface area contributed by atoms with Gasteiger partial charge in [0.25, 0.3) is 0 Å². The van der Waals surface area contributed by atoms with Crippen LogP contribution in [0.2, 0.25) is 0 Å². The lowest BCUT2D eigenvalue weighted by Gasteiger charge is -2.12. The molecule has 1 N–H and O–H groups in total. The number of rotatable bonds is 1. The Labute approximate surface area is 102 Å². The van der Waals surface area contributed by atoms with Crippen LogP contribution in [0.25, 0.3) is 0 Å². The summed E-state index contributed by atoms with van der Waals surface area (Å²) in [5, 5.41) is 9.65. The Morgan fingerprint density at radius 3 is 2.53 bits per heavy atom. The first-order chi connectivity index (χ1) is 8.25. The highest BCUT2D eigenvalue weighted by atomic mass is 16.3. The lowest BCUT2D eigenvalue weighted by atomic mass is 9.93. The lowest BCUT2D eigenvalue weighted by molar-refractivity contribution is 0.474. The molecule has 0 saturated carbocycles. The fourth-order valence-electron chi connectivity index (χ4n) is 2.92. The Kier molecular flexibility index (Phi) is 2.40. The molecule has 0 amide bonds. The molecule has 0 spiro atoms. The molecule has 0 aliphatic heterocycles. The van der Waals surface area contributed by atoms with E-state index < -0.39 is 0 Å². The van der Waals surface area contributed by atoms with Gasteiger partial charge in [0.2, 0.25) is 0 Å². The monoisotopic (exact) mass is 224 g/mol. The highest BCUT2D eigenvalue weighted by Gasteiger charge is 2.29. The van der Waals surface area contributed by atoms with Gasteiger partial charge < -0.3 is 5.11 Å². The van der Waals surface area contributed by atoms with E-state index in [9.17, 15) is 5.11 Å². The largest absolute Gasteiger partial charge is 0.508 e. The van der Waals surface area contributed by atoms with Crippen molar-refractivity contribution in [2.45, 2.75) is 25.2 Å². The van der Waals surface area contributed by atoms with Gasteiger partial charge in [-0.1, -0.05) is 43.3 Å². The Hall–Kier alpha value is -1.76. The first-order valence-corrected chi connectivity index (χ1v) is 6.13. The average Bonchev–Trinajstić information content (AvgIpc) is 2.67. The summed E-state index contributed by atoms with van der Waals surface area (Å²) in [7, 11) is 0. The number of hydrogen-bond acceptors (Lipinski definition) is 1.